The Hall–Kier alpha value is -2.63. The van der Waals surface area contributed by atoms with E-state index in [1.807, 2.05) is 0 Å². The topological polar surface area (TPSA) is 250 Å². The van der Waals surface area contributed by atoms with Crippen LogP contribution in [0.3, 0.4) is 0 Å². The van der Waals surface area contributed by atoms with Crippen molar-refractivity contribution in [1.29, 1.82) is 5.41 Å². The maximum Gasteiger partial charge on any atom is 0.386 e. The van der Waals surface area contributed by atoms with E-state index in [1.165, 1.54) is 0 Å². The quantitative estimate of drug-likeness (QED) is 0.186. The van der Waals surface area contributed by atoms with E-state index in [4.69, 9.17) is 44.8 Å². The van der Waals surface area contributed by atoms with E-state index >= 15 is 8.78 Å². The van der Waals surface area contributed by atoms with Crippen molar-refractivity contribution >= 4 is 72.8 Å². The number of aliphatic imine (C=N–C) groups is 2. The zero-order valence-corrected chi connectivity index (χ0v) is 25.5. The van der Waals surface area contributed by atoms with Gasteiger partial charge in [-0.15, -0.1) is 5.10 Å². The van der Waals surface area contributed by atoms with Gasteiger partial charge in [-0.2, -0.15) is 9.67 Å². The third-order valence-corrected chi connectivity index (χ3v) is 10.4. The lowest BCUT2D eigenvalue weighted by Crippen LogP contribution is -2.53. The number of hydrogen-bond acceptors (Lipinski definition) is 16. The molecule has 11 atom stereocenters. The number of amidine groups is 1. The standard InChI is InChI=1S/C19H20F2N10O10P2S2/c20-7-5-1-36-42(34,44)40-11-6(39-17(8(11)21)31-13-10(28-29-31)15(32)24-3-23-13)2-37-43(35,45)41-12(7)18(38-5)30-4-25-9-14(30)26-19(22)27-16(9)33/h3-9,11-12,17-18H,1-2H2,(H,34,44)(H,35,45)(H2,22,27,33)(H,23,24,32)/t5-,6-,7+,8+,9?,11-,12-,17-,18-,42?,43?/m1/s1. The van der Waals surface area contributed by atoms with E-state index < -0.39 is 99.4 Å². The van der Waals surface area contributed by atoms with E-state index in [9.17, 15) is 19.0 Å². The molecule has 4 N–H and O–H groups in total. The van der Waals surface area contributed by atoms with Crippen LogP contribution in [0.4, 0.5) is 8.78 Å². The van der Waals surface area contributed by atoms with Gasteiger partial charge < -0.3 is 23.9 Å². The molecule has 2 bridgehead atoms. The van der Waals surface area contributed by atoms with E-state index in [0.717, 1.165) is 22.2 Å². The fourth-order valence-corrected chi connectivity index (χ4v) is 8.09. The predicted octanol–water partition coefficient (Wildman–Crippen LogP) is -0.939. The van der Waals surface area contributed by atoms with Gasteiger partial charge in [0.15, 0.2) is 47.8 Å². The first-order chi connectivity index (χ1) is 21.3. The number of hydrogen-bond donors (Lipinski definition) is 5. The molecule has 26 heteroatoms. The summed E-state index contributed by atoms with van der Waals surface area (Å²) in [6, 6.07) is -1.17. The number of ether oxygens (including phenoxy) is 2. The average Bonchev–Trinajstić information content (AvgIpc) is 3.72. The molecule has 0 aliphatic carbocycles. The highest BCUT2D eigenvalue weighted by molar-refractivity contribution is 8.44. The van der Waals surface area contributed by atoms with Crippen molar-refractivity contribution in [3.8, 4) is 0 Å². The molecular weight excluding hydrogens is 692 g/mol. The Labute approximate surface area is 258 Å². The fourth-order valence-electron chi connectivity index (χ4n) is 5.20. The number of carbonyl (C=O) groups excluding carboxylic acids is 1. The minimum atomic E-state index is -4.53. The van der Waals surface area contributed by atoms with Crippen LogP contribution in [0, 0.1) is 5.41 Å². The van der Waals surface area contributed by atoms with Crippen LogP contribution >= 0.6 is 25.8 Å². The van der Waals surface area contributed by atoms with Gasteiger partial charge in [-0.25, -0.2) is 18.3 Å². The van der Waals surface area contributed by atoms with Gasteiger partial charge in [0.2, 0.25) is 5.96 Å². The van der Waals surface area contributed by atoms with Gasteiger partial charge in [0.25, 0.3) is 11.5 Å². The Bertz CT molecular complexity index is 1800. The second-order valence-electron chi connectivity index (χ2n) is 10.0. The lowest BCUT2D eigenvalue weighted by atomic mass is 10.1. The summed E-state index contributed by atoms with van der Waals surface area (Å²) in [4.78, 5) is 50.5. The molecule has 0 saturated carbocycles. The number of halogens is 2. The minimum absolute atomic E-state index is 0.0953. The van der Waals surface area contributed by atoms with Crippen LogP contribution in [0.1, 0.15) is 6.23 Å². The van der Waals surface area contributed by atoms with Crippen molar-refractivity contribution in [3.05, 3.63) is 16.7 Å². The monoisotopic (exact) mass is 712 g/mol. The first-order valence-electron chi connectivity index (χ1n) is 12.8. The van der Waals surface area contributed by atoms with Gasteiger partial charge >= 0.3 is 13.5 Å². The molecule has 3 fully saturated rings. The molecule has 1 amide bonds. The summed E-state index contributed by atoms with van der Waals surface area (Å²) in [5.74, 6) is -1.27. The van der Waals surface area contributed by atoms with Gasteiger partial charge in [0.05, 0.1) is 25.9 Å². The molecule has 2 aromatic heterocycles. The Morgan fingerprint density at radius 1 is 1.11 bits per heavy atom. The van der Waals surface area contributed by atoms with E-state index in [-0.39, 0.29) is 17.0 Å². The number of rotatable bonds is 2. The van der Waals surface area contributed by atoms with Gasteiger partial charge in [0, 0.05) is 0 Å². The Morgan fingerprint density at radius 2 is 1.87 bits per heavy atom. The molecule has 242 valence electrons. The number of nitrogens with zero attached hydrogens (tertiary/aromatic N) is 7. The van der Waals surface area contributed by atoms with Crippen molar-refractivity contribution in [1.82, 2.24) is 35.2 Å². The Kier molecular flexibility index (Phi) is 7.76. The maximum atomic E-state index is 15.9. The fraction of sp³-hybridized carbons (Fsp3) is 0.579. The number of nitrogens with one attached hydrogen (secondary N) is 3. The number of amides is 1. The van der Waals surface area contributed by atoms with Crippen LogP contribution in [-0.4, -0.2) is 121 Å². The summed E-state index contributed by atoms with van der Waals surface area (Å²) in [5, 5.41) is 17.4. The first kappa shape index (κ1) is 31.0. The van der Waals surface area contributed by atoms with Gasteiger partial charge in [-0.1, -0.05) is 17.5 Å². The first-order valence-corrected chi connectivity index (χ1v) is 18.1. The van der Waals surface area contributed by atoms with Crippen LogP contribution in [0.25, 0.3) is 11.2 Å². The number of guanidine groups is 1. The van der Waals surface area contributed by atoms with Gasteiger partial charge in [-0.3, -0.25) is 43.8 Å². The van der Waals surface area contributed by atoms with Crippen LogP contribution in [-0.2, 0) is 48.7 Å². The zero-order chi connectivity index (χ0) is 31.8. The minimum Gasteiger partial charge on any atom is -0.346 e. The van der Waals surface area contributed by atoms with Gasteiger partial charge in [0.1, 0.15) is 24.4 Å². The normalized spacial score (nSPS) is 42.0. The molecule has 5 aliphatic rings. The second kappa shape index (κ2) is 11.3. The summed E-state index contributed by atoms with van der Waals surface area (Å²) in [6.07, 6.45) is -11.7. The third kappa shape index (κ3) is 5.56. The van der Waals surface area contributed by atoms with E-state index in [2.05, 4.69) is 47.8 Å². The number of thiol groups is 1. The largest absolute Gasteiger partial charge is 0.386 e. The molecule has 2 aromatic rings. The number of alkyl halides is 2. The molecule has 5 aliphatic heterocycles. The smallest absolute Gasteiger partial charge is 0.346 e. The molecule has 7 rings (SSSR count). The molecule has 3 saturated heterocycles. The SMILES string of the molecule is N=C1N=C2C(N=CN2[C@@H]2O[C@@H]3COP(O)(=S)O[C@H]4[C@H](F)[C@H](n5nnc6c(=O)[nH]cnc65)O[C@@H]4COP(=O)(S)O[C@@H]2[C@H]3F)C(=O)N1. The molecule has 20 nitrogen and oxygen atoms in total. The predicted molar refractivity (Wildman–Crippen MR) is 150 cm³/mol. The highest BCUT2D eigenvalue weighted by Crippen LogP contribution is 2.58. The lowest BCUT2D eigenvalue weighted by molar-refractivity contribution is -0.119. The summed E-state index contributed by atoms with van der Waals surface area (Å²) in [6.45, 7) is -10.4. The van der Waals surface area contributed by atoms with Crippen molar-refractivity contribution in [2.75, 3.05) is 13.2 Å². The summed E-state index contributed by atoms with van der Waals surface area (Å²) in [7, 11) is 0. The summed E-state index contributed by atoms with van der Waals surface area (Å²) < 4.78 is 79.1. The van der Waals surface area contributed by atoms with Crippen LogP contribution in [0.2, 0.25) is 0 Å². The zero-order valence-electron chi connectivity index (χ0n) is 22.0. The van der Waals surface area contributed by atoms with Crippen molar-refractivity contribution in [3.63, 3.8) is 0 Å². The average molecular weight is 713 g/mol. The molecule has 3 unspecified atom stereocenters. The molecular formula is C19H20F2N10O10P2S2. The van der Waals surface area contributed by atoms with Gasteiger partial charge in [-0.05, 0) is 11.8 Å². The Balaban J connectivity index is 1.18. The van der Waals surface area contributed by atoms with Crippen molar-refractivity contribution < 1.29 is 50.6 Å². The number of carbonyl (C=O) groups is 1. The maximum absolute atomic E-state index is 15.9. The summed E-state index contributed by atoms with van der Waals surface area (Å²) in [5.41, 5.74) is -1.00. The van der Waals surface area contributed by atoms with Crippen LogP contribution in [0.15, 0.2) is 21.1 Å². The number of fused-ring (bicyclic) bond motifs is 5. The summed E-state index contributed by atoms with van der Waals surface area (Å²) >= 11 is 9.03. The van der Waals surface area contributed by atoms with Crippen LogP contribution in [0.5, 0.6) is 0 Å². The van der Waals surface area contributed by atoms with Crippen LogP contribution < -0.4 is 10.9 Å². The molecule has 0 radical (unpaired) electrons. The second-order valence-corrected chi connectivity index (χ2v) is 15.7. The lowest BCUT2D eigenvalue weighted by Gasteiger charge is -2.31. The van der Waals surface area contributed by atoms with Crippen molar-refractivity contribution in [2.45, 2.75) is 55.3 Å². The molecule has 7 heterocycles. The number of aromatic nitrogens is 5. The number of H-pyrrole nitrogens is 1. The van der Waals surface area contributed by atoms with Crippen molar-refractivity contribution in [2.24, 2.45) is 9.98 Å². The van der Waals surface area contributed by atoms with E-state index in [1.54, 1.807) is 0 Å². The third-order valence-electron chi connectivity index (χ3n) is 7.19. The highest BCUT2D eigenvalue weighted by atomic mass is 32.7. The molecule has 45 heavy (non-hydrogen) atoms. The number of aromatic amines is 1. The highest BCUT2D eigenvalue weighted by Gasteiger charge is 2.56. The molecule has 0 aromatic carbocycles. The van der Waals surface area contributed by atoms with E-state index in [0.29, 0.717) is 0 Å². The Morgan fingerprint density at radius 3 is 2.67 bits per heavy atom. The molecule has 0 spiro atoms.